The molecule has 1 aromatic heterocycles. The molecule has 0 amide bonds. The Morgan fingerprint density at radius 1 is 1.26 bits per heavy atom. The monoisotopic (exact) mass is 272 g/mol. The maximum Gasteiger partial charge on any atom is 0.0408 e. The minimum Gasteiger partial charge on any atom is -0.303 e. The van der Waals surface area contributed by atoms with E-state index in [1.807, 2.05) is 18.5 Å². The number of hydrogen-bond acceptors (Lipinski definition) is 2. The average Bonchev–Trinajstić information content (AvgIpc) is 2.82. The molecule has 0 aliphatic heterocycles. The number of aromatic nitrogens is 1. The molecule has 1 unspecified atom stereocenters. The van der Waals surface area contributed by atoms with Crippen molar-refractivity contribution in [1.29, 1.82) is 0 Å². The van der Waals surface area contributed by atoms with E-state index in [2.05, 4.69) is 41.5 Å². The molecule has 1 heterocycles. The Labute approximate surface area is 118 Å². The van der Waals surface area contributed by atoms with Crippen molar-refractivity contribution in [2.24, 2.45) is 0 Å². The Bertz CT molecular complexity index is 568. The number of rotatable bonds is 3. The van der Waals surface area contributed by atoms with Gasteiger partial charge >= 0.3 is 0 Å². The van der Waals surface area contributed by atoms with Gasteiger partial charge in [0.25, 0.3) is 0 Å². The van der Waals surface area contributed by atoms with Crippen molar-refractivity contribution in [2.75, 3.05) is 0 Å². The predicted molar refractivity (Wildman–Crippen MR) is 78.3 cm³/mol. The highest BCUT2D eigenvalue weighted by molar-refractivity contribution is 6.30. The Balaban J connectivity index is 1.76. The van der Waals surface area contributed by atoms with Gasteiger partial charge in [-0.05, 0) is 60.7 Å². The van der Waals surface area contributed by atoms with Crippen LogP contribution in [-0.4, -0.2) is 4.98 Å². The van der Waals surface area contributed by atoms with Crippen LogP contribution < -0.4 is 5.32 Å². The van der Waals surface area contributed by atoms with Crippen LogP contribution in [0.2, 0.25) is 5.02 Å². The molecule has 0 saturated carbocycles. The van der Waals surface area contributed by atoms with Crippen LogP contribution in [0.3, 0.4) is 0 Å². The molecule has 1 aliphatic carbocycles. The van der Waals surface area contributed by atoms with E-state index >= 15 is 0 Å². The van der Waals surface area contributed by atoms with Gasteiger partial charge in [0.2, 0.25) is 0 Å². The third-order valence-corrected chi connectivity index (χ3v) is 4.08. The standard InChI is InChI=1S/C16H17ClN2/c1-11(12-6-8-18-9-7-12)19-16-5-2-13-10-14(17)3-4-15(13)16/h3-4,6-11,16,19H,2,5H2,1H3/t11-,16?/m1/s1. The fourth-order valence-corrected chi connectivity index (χ4v) is 3.00. The zero-order valence-corrected chi connectivity index (χ0v) is 11.7. The van der Waals surface area contributed by atoms with Crippen LogP contribution in [-0.2, 0) is 6.42 Å². The van der Waals surface area contributed by atoms with Crippen molar-refractivity contribution in [3.05, 3.63) is 64.4 Å². The van der Waals surface area contributed by atoms with Crippen molar-refractivity contribution < 1.29 is 0 Å². The molecule has 2 nitrogen and oxygen atoms in total. The van der Waals surface area contributed by atoms with E-state index in [1.54, 1.807) is 0 Å². The lowest BCUT2D eigenvalue weighted by atomic mass is 10.1. The summed E-state index contributed by atoms with van der Waals surface area (Å²) in [6, 6.07) is 11.1. The zero-order valence-electron chi connectivity index (χ0n) is 10.9. The number of nitrogens with one attached hydrogen (secondary N) is 1. The molecule has 19 heavy (non-hydrogen) atoms. The first-order valence-electron chi connectivity index (χ1n) is 6.68. The van der Waals surface area contributed by atoms with E-state index in [4.69, 9.17) is 11.6 Å². The Hall–Kier alpha value is -1.38. The van der Waals surface area contributed by atoms with Gasteiger partial charge in [-0.3, -0.25) is 4.98 Å². The molecule has 98 valence electrons. The number of benzene rings is 1. The first kappa shape index (κ1) is 12.6. The Morgan fingerprint density at radius 2 is 2.05 bits per heavy atom. The predicted octanol–water partition coefficient (Wildman–Crippen LogP) is 4.07. The fourth-order valence-electron chi connectivity index (χ4n) is 2.81. The van der Waals surface area contributed by atoms with E-state index in [0.29, 0.717) is 12.1 Å². The van der Waals surface area contributed by atoms with Gasteiger partial charge in [-0.2, -0.15) is 0 Å². The van der Waals surface area contributed by atoms with E-state index in [-0.39, 0.29) is 0 Å². The Kier molecular flexibility index (Phi) is 3.54. The molecule has 0 fully saturated rings. The molecule has 1 aromatic carbocycles. The van der Waals surface area contributed by atoms with Gasteiger partial charge in [0.15, 0.2) is 0 Å². The minimum atomic E-state index is 0.328. The average molecular weight is 273 g/mol. The van der Waals surface area contributed by atoms with Gasteiger partial charge in [-0.1, -0.05) is 17.7 Å². The number of aryl methyl sites for hydroxylation is 1. The van der Waals surface area contributed by atoms with Crippen LogP contribution in [0, 0.1) is 0 Å². The summed E-state index contributed by atoms with van der Waals surface area (Å²) in [7, 11) is 0. The van der Waals surface area contributed by atoms with E-state index in [1.165, 1.54) is 16.7 Å². The molecule has 0 bridgehead atoms. The highest BCUT2D eigenvalue weighted by Gasteiger charge is 2.23. The fraction of sp³-hybridized carbons (Fsp3) is 0.312. The van der Waals surface area contributed by atoms with Gasteiger partial charge in [-0.15, -0.1) is 0 Å². The molecule has 1 N–H and O–H groups in total. The molecule has 3 heteroatoms. The summed E-state index contributed by atoms with van der Waals surface area (Å²) >= 11 is 6.05. The topological polar surface area (TPSA) is 24.9 Å². The number of halogens is 1. The molecule has 3 rings (SSSR count). The lowest BCUT2D eigenvalue weighted by Gasteiger charge is -2.20. The number of nitrogens with zero attached hydrogens (tertiary/aromatic N) is 1. The maximum atomic E-state index is 6.05. The minimum absolute atomic E-state index is 0.328. The largest absolute Gasteiger partial charge is 0.303 e. The summed E-state index contributed by atoms with van der Waals surface area (Å²) in [6.45, 7) is 2.20. The second kappa shape index (κ2) is 5.32. The molecule has 1 aliphatic rings. The van der Waals surface area contributed by atoms with Crippen LogP contribution in [0.25, 0.3) is 0 Å². The quantitative estimate of drug-likeness (QED) is 0.911. The number of hydrogen-bond donors (Lipinski definition) is 1. The zero-order chi connectivity index (χ0) is 13.2. The number of fused-ring (bicyclic) bond motifs is 1. The molecule has 2 atom stereocenters. The van der Waals surface area contributed by atoms with Crippen molar-refractivity contribution in [3.63, 3.8) is 0 Å². The summed E-state index contributed by atoms with van der Waals surface area (Å²) in [6.07, 6.45) is 5.94. The van der Waals surface area contributed by atoms with Crippen molar-refractivity contribution in [1.82, 2.24) is 10.3 Å². The number of pyridine rings is 1. The SMILES string of the molecule is C[C@@H](NC1CCc2cc(Cl)ccc21)c1ccncc1. The summed E-state index contributed by atoms with van der Waals surface area (Å²) in [4.78, 5) is 4.06. The third-order valence-electron chi connectivity index (χ3n) is 3.84. The molecule has 0 saturated heterocycles. The third kappa shape index (κ3) is 2.65. The molecule has 2 aromatic rings. The Morgan fingerprint density at radius 3 is 2.84 bits per heavy atom. The van der Waals surface area contributed by atoms with Gasteiger partial charge in [0, 0.05) is 29.5 Å². The first-order chi connectivity index (χ1) is 9.24. The van der Waals surface area contributed by atoms with Crippen LogP contribution in [0.15, 0.2) is 42.7 Å². The molecular formula is C16H17ClN2. The van der Waals surface area contributed by atoms with E-state index < -0.39 is 0 Å². The van der Waals surface area contributed by atoms with Crippen LogP contribution in [0.4, 0.5) is 0 Å². The highest BCUT2D eigenvalue weighted by Crippen LogP contribution is 2.34. The highest BCUT2D eigenvalue weighted by atomic mass is 35.5. The van der Waals surface area contributed by atoms with Crippen LogP contribution >= 0.6 is 11.6 Å². The van der Waals surface area contributed by atoms with Crippen LogP contribution in [0.5, 0.6) is 0 Å². The normalized spacial score (nSPS) is 19.2. The lowest BCUT2D eigenvalue weighted by molar-refractivity contribution is 0.465. The van der Waals surface area contributed by atoms with Crippen molar-refractivity contribution in [3.8, 4) is 0 Å². The summed E-state index contributed by atoms with van der Waals surface area (Å²) in [5.74, 6) is 0. The summed E-state index contributed by atoms with van der Waals surface area (Å²) in [5, 5.41) is 4.53. The van der Waals surface area contributed by atoms with Gasteiger partial charge < -0.3 is 5.32 Å². The van der Waals surface area contributed by atoms with Crippen molar-refractivity contribution >= 4 is 11.6 Å². The maximum absolute atomic E-state index is 6.05. The first-order valence-corrected chi connectivity index (χ1v) is 7.06. The van der Waals surface area contributed by atoms with E-state index in [9.17, 15) is 0 Å². The van der Waals surface area contributed by atoms with E-state index in [0.717, 1.165) is 17.9 Å². The van der Waals surface area contributed by atoms with Crippen molar-refractivity contribution in [2.45, 2.75) is 31.8 Å². The second-order valence-electron chi connectivity index (χ2n) is 5.10. The molecular weight excluding hydrogens is 256 g/mol. The lowest BCUT2D eigenvalue weighted by Crippen LogP contribution is -2.22. The van der Waals surface area contributed by atoms with Gasteiger partial charge in [-0.25, -0.2) is 0 Å². The molecule has 0 spiro atoms. The van der Waals surface area contributed by atoms with Gasteiger partial charge in [0.05, 0.1) is 0 Å². The van der Waals surface area contributed by atoms with Crippen LogP contribution in [0.1, 0.15) is 42.1 Å². The molecule has 0 radical (unpaired) electrons. The van der Waals surface area contributed by atoms with Gasteiger partial charge in [0.1, 0.15) is 0 Å². The summed E-state index contributed by atoms with van der Waals surface area (Å²) < 4.78 is 0. The smallest absolute Gasteiger partial charge is 0.0408 e. The second-order valence-corrected chi connectivity index (χ2v) is 5.54. The summed E-state index contributed by atoms with van der Waals surface area (Å²) in [5.41, 5.74) is 4.05.